The summed E-state index contributed by atoms with van der Waals surface area (Å²) in [5.41, 5.74) is 0.0406. The van der Waals surface area contributed by atoms with Crippen molar-refractivity contribution in [3.05, 3.63) is 35.6 Å². The SMILES string of the molecule is CCS(=O)(=O)C(Br)C(=O)c1cccc(F)c1. The lowest BCUT2D eigenvalue weighted by Gasteiger charge is -2.08. The maximum Gasteiger partial charge on any atom is 0.191 e. The molecule has 0 N–H and O–H groups in total. The monoisotopic (exact) mass is 308 g/mol. The van der Waals surface area contributed by atoms with E-state index in [-0.39, 0.29) is 11.3 Å². The van der Waals surface area contributed by atoms with Crippen LogP contribution in [0, 0.1) is 5.82 Å². The van der Waals surface area contributed by atoms with Gasteiger partial charge in [-0.3, -0.25) is 4.79 Å². The first-order chi connectivity index (χ1) is 7.38. The Morgan fingerprint density at radius 3 is 2.62 bits per heavy atom. The molecular formula is C10H10BrFO3S. The topological polar surface area (TPSA) is 51.2 Å². The number of benzene rings is 1. The second-order valence-electron chi connectivity index (χ2n) is 3.14. The van der Waals surface area contributed by atoms with Gasteiger partial charge in [-0.15, -0.1) is 0 Å². The van der Waals surface area contributed by atoms with Gasteiger partial charge in [0.15, 0.2) is 19.8 Å². The molecule has 0 heterocycles. The van der Waals surface area contributed by atoms with E-state index in [2.05, 4.69) is 15.9 Å². The first kappa shape index (κ1) is 13.3. The normalized spacial score (nSPS) is 13.4. The molecule has 0 aromatic heterocycles. The first-order valence-electron chi connectivity index (χ1n) is 4.54. The summed E-state index contributed by atoms with van der Waals surface area (Å²) in [5, 5.41) is 0. The zero-order valence-electron chi connectivity index (χ0n) is 8.48. The van der Waals surface area contributed by atoms with Gasteiger partial charge >= 0.3 is 0 Å². The van der Waals surface area contributed by atoms with Crippen LogP contribution in [-0.4, -0.2) is 24.1 Å². The third-order valence-corrected chi connectivity index (χ3v) is 5.81. The Labute approximate surface area is 102 Å². The van der Waals surface area contributed by atoms with E-state index in [9.17, 15) is 17.6 Å². The fraction of sp³-hybridized carbons (Fsp3) is 0.300. The van der Waals surface area contributed by atoms with E-state index in [1.54, 1.807) is 0 Å². The van der Waals surface area contributed by atoms with Crippen molar-refractivity contribution in [1.82, 2.24) is 0 Å². The Bertz CT molecular complexity index is 499. The van der Waals surface area contributed by atoms with Crippen molar-refractivity contribution in [2.45, 2.75) is 11.1 Å². The molecule has 0 saturated heterocycles. The quantitative estimate of drug-likeness (QED) is 0.632. The van der Waals surface area contributed by atoms with Crippen LogP contribution in [0.15, 0.2) is 24.3 Å². The van der Waals surface area contributed by atoms with Gasteiger partial charge in [0.2, 0.25) is 0 Å². The maximum atomic E-state index is 12.9. The van der Waals surface area contributed by atoms with Gasteiger partial charge in [-0.05, 0) is 12.1 Å². The van der Waals surface area contributed by atoms with Crippen molar-refractivity contribution in [3.8, 4) is 0 Å². The van der Waals surface area contributed by atoms with Crippen LogP contribution in [0.1, 0.15) is 17.3 Å². The highest BCUT2D eigenvalue weighted by molar-refractivity contribution is 9.11. The van der Waals surface area contributed by atoms with E-state index in [4.69, 9.17) is 0 Å². The molecule has 0 fully saturated rings. The molecule has 1 atom stereocenters. The highest BCUT2D eigenvalue weighted by Gasteiger charge is 2.29. The predicted octanol–water partition coefficient (Wildman–Crippen LogP) is 2.16. The number of alkyl halides is 1. The van der Waals surface area contributed by atoms with Crippen LogP contribution >= 0.6 is 15.9 Å². The van der Waals surface area contributed by atoms with E-state index in [1.165, 1.54) is 25.1 Å². The van der Waals surface area contributed by atoms with Gasteiger partial charge in [0.25, 0.3) is 0 Å². The summed E-state index contributed by atoms with van der Waals surface area (Å²) in [7, 11) is -3.51. The minimum absolute atomic E-state index is 0.0406. The minimum Gasteiger partial charge on any atom is -0.292 e. The van der Waals surface area contributed by atoms with Crippen molar-refractivity contribution < 1.29 is 17.6 Å². The molecule has 0 spiro atoms. The number of carbonyl (C=O) groups excluding carboxylic acids is 1. The number of hydrogen-bond acceptors (Lipinski definition) is 3. The molecule has 0 aliphatic heterocycles. The molecule has 1 unspecified atom stereocenters. The average molecular weight is 309 g/mol. The molecule has 6 heteroatoms. The Morgan fingerprint density at radius 2 is 2.12 bits per heavy atom. The summed E-state index contributed by atoms with van der Waals surface area (Å²) >= 11 is 2.83. The van der Waals surface area contributed by atoms with Crippen LogP contribution in [-0.2, 0) is 9.84 Å². The molecule has 88 valence electrons. The summed E-state index contributed by atoms with van der Waals surface area (Å²) in [6.45, 7) is 1.45. The average Bonchev–Trinajstić information content (AvgIpc) is 2.27. The van der Waals surface area contributed by atoms with Crippen molar-refractivity contribution >= 4 is 31.6 Å². The van der Waals surface area contributed by atoms with Gasteiger partial charge < -0.3 is 0 Å². The van der Waals surface area contributed by atoms with E-state index in [0.717, 1.165) is 6.07 Å². The molecule has 1 rings (SSSR count). The molecule has 0 aliphatic carbocycles. The third-order valence-electron chi connectivity index (χ3n) is 2.03. The molecule has 0 aliphatic rings. The minimum atomic E-state index is -3.51. The van der Waals surface area contributed by atoms with Crippen LogP contribution in [0.4, 0.5) is 4.39 Å². The predicted molar refractivity (Wildman–Crippen MR) is 62.9 cm³/mol. The van der Waals surface area contributed by atoms with Crippen LogP contribution in [0.2, 0.25) is 0 Å². The first-order valence-corrected chi connectivity index (χ1v) is 7.17. The van der Waals surface area contributed by atoms with Gasteiger partial charge in [0.05, 0.1) is 0 Å². The molecule has 3 nitrogen and oxygen atoms in total. The number of hydrogen-bond donors (Lipinski definition) is 0. The van der Waals surface area contributed by atoms with Gasteiger partial charge in [-0.1, -0.05) is 35.0 Å². The molecule has 0 radical (unpaired) electrons. The summed E-state index contributed by atoms with van der Waals surface area (Å²) in [6, 6.07) is 4.95. The van der Waals surface area contributed by atoms with Crippen LogP contribution < -0.4 is 0 Å². The second kappa shape index (κ2) is 5.05. The zero-order chi connectivity index (χ0) is 12.3. The summed E-state index contributed by atoms with van der Waals surface area (Å²) in [6.07, 6.45) is 0. The van der Waals surface area contributed by atoms with E-state index >= 15 is 0 Å². The fourth-order valence-corrected chi connectivity index (χ4v) is 2.89. The number of halogens is 2. The maximum absolute atomic E-state index is 12.9. The van der Waals surface area contributed by atoms with Gasteiger partial charge in [0, 0.05) is 11.3 Å². The summed E-state index contributed by atoms with van der Waals surface area (Å²) in [4.78, 5) is 11.7. The number of rotatable bonds is 4. The highest BCUT2D eigenvalue weighted by atomic mass is 79.9. The van der Waals surface area contributed by atoms with Gasteiger partial charge in [-0.25, -0.2) is 12.8 Å². The van der Waals surface area contributed by atoms with Crippen molar-refractivity contribution in [2.75, 3.05) is 5.75 Å². The van der Waals surface area contributed by atoms with Crippen LogP contribution in [0.3, 0.4) is 0 Å². The number of Topliss-reactive ketones (excluding diaryl/α,β-unsaturated/α-hetero) is 1. The molecule has 16 heavy (non-hydrogen) atoms. The Balaban J connectivity index is 3.04. The van der Waals surface area contributed by atoms with E-state index in [0.29, 0.717) is 0 Å². The van der Waals surface area contributed by atoms with Crippen molar-refractivity contribution in [2.24, 2.45) is 0 Å². The lowest BCUT2D eigenvalue weighted by atomic mass is 10.1. The van der Waals surface area contributed by atoms with E-state index < -0.39 is 25.6 Å². The molecule has 0 saturated carbocycles. The van der Waals surface area contributed by atoms with Gasteiger partial charge in [-0.2, -0.15) is 0 Å². The Morgan fingerprint density at radius 1 is 1.50 bits per heavy atom. The lowest BCUT2D eigenvalue weighted by molar-refractivity contribution is 0.101. The van der Waals surface area contributed by atoms with E-state index in [1.807, 2.05) is 0 Å². The fourth-order valence-electron chi connectivity index (χ4n) is 1.08. The number of carbonyl (C=O) groups is 1. The van der Waals surface area contributed by atoms with Crippen molar-refractivity contribution in [3.63, 3.8) is 0 Å². The van der Waals surface area contributed by atoms with Crippen LogP contribution in [0.25, 0.3) is 0 Å². The smallest absolute Gasteiger partial charge is 0.191 e. The summed E-state index contributed by atoms with van der Waals surface area (Å²) in [5.74, 6) is -1.37. The Kier molecular flexibility index (Phi) is 4.21. The largest absolute Gasteiger partial charge is 0.292 e. The number of sulfone groups is 1. The third kappa shape index (κ3) is 2.89. The summed E-state index contributed by atoms with van der Waals surface area (Å²) < 4.78 is 34.4. The number of ketones is 1. The standard InChI is InChI=1S/C10H10BrFO3S/c1-2-16(14,15)10(11)9(13)7-4-3-5-8(12)6-7/h3-6,10H,2H2,1H3. The van der Waals surface area contributed by atoms with Gasteiger partial charge in [0.1, 0.15) is 5.82 Å². The molecular weight excluding hydrogens is 299 g/mol. The Hall–Kier alpha value is -0.750. The molecule has 1 aromatic rings. The molecule has 0 amide bonds. The zero-order valence-corrected chi connectivity index (χ0v) is 10.9. The van der Waals surface area contributed by atoms with Crippen LogP contribution in [0.5, 0.6) is 0 Å². The molecule has 0 bridgehead atoms. The lowest BCUT2D eigenvalue weighted by Crippen LogP contribution is -2.26. The highest BCUT2D eigenvalue weighted by Crippen LogP contribution is 2.17. The second-order valence-corrected chi connectivity index (χ2v) is 7.04. The van der Waals surface area contributed by atoms with Crippen molar-refractivity contribution in [1.29, 1.82) is 0 Å². The molecule has 1 aromatic carbocycles.